The van der Waals surface area contributed by atoms with Gasteiger partial charge in [-0.2, -0.15) is 5.10 Å². The van der Waals surface area contributed by atoms with E-state index in [-0.39, 0.29) is 5.91 Å². The summed E-state index contributed by atoms with van der Waals surface area (Å²) in [6.45, 7) is 7.56. The summed E-state index contributed by atoms with van der Waals surface area (Å²) in [4.78, 5) is 12.7. The van der Waals surface area contributed by atoms with E-state index in [1.54, 1.807) is 24.4 Å². The summed E-state index contributed by atoms with van der Waals surface area (Å²) in [5.74, 6) is 2.05. The van der Waals surface area contributed by atoms with Gasteiger partial charge in [-0.05, 0) is 95.6 Å². The van der Waals surface area contributed by atoms with Crippen LogP contribution in [0.1, 0.15) is 42.3 Å². The lowest BCUT2D eigenvalue weighted by Crippen LogP contribution is -2.17. The second-order valence-corrected chi connectivity index (χ2v) is 9.58. The molecule has 0 atom stereocenters. The Labute approximate surface area is 242 Å². The third-order valence-corrected chi connectivity index (χ3v) is 6.57. The Bertz CT molecular complexity index is 1470. The summed E-state index contributed by atoms with van der Waals surface area (Å²) < 4.78 is 24.2. The third-order valence-electron chi connectivity index (χ3n) is 5.77. The highest BCUT2D eigenvalue weighted by atomic mass is 127. The van der Waals surface area contributed by atoms with Gasteiger partial charge in [0.05, 0.1) is 29.6 Å². The summed E-state index contributed by atoms with van der Waals surface area (Å²) in [7, 11) is 0. The average Bonchev–Trinajstić information content (AvgIpc) is 2.94. The van der Waals surface area contributed by atoms with Gasteiger partial charge in [0.15, 0.2) is 23.0 Å². The number of hydrazone groups is 1. The number of fused-ring (bicyclic) bond motifs is 1. The molecule has 0 saturated carbocycles. The summed E-state index contributed by atoms with van der Waals surface area (Å²) in [5.41, 5.74) is 4.86. The molecule has 39 heavy (non-hydrogen) atoms. The van der Waals surface area contributed by atoms with Crippen LogP contribution in [-0.4, -0.2) is 31.9 Å². The van der Waals surface area contributed by atoms with E-state index in [4.69, 9.17) is 18.9 Å². The summed E-state index contributed by atoms with van der Waals surface area (Å²) in [5, 5.41) is 6.49. The smallest absolute Gasteiger partial charge is 0.271 e. The second kappa shape index (κ2) is 13.8. The Morgan fingerprint density at radius 3 is 2.33 bits per heavy atom. The van der Waals surface area contributed by atoms with Crippen LogP contribution in [-0.2, 0) is 6.61 Å². The SMILES string of the molecule is CCOc1ccc(C(=O)N/N=C/c2cc(I)c(OCc3cccc4ccccc34)c(OCC)c2)cc1OCC. The van der Waals surface area contributed by atoms with Crippen molar-refractivity contribution in [2.45, 2.75) is 27.4 Å². The average molecular weight is 639 g/mol. The molecule has 0 fully saturated rings. The van der Waals surface area contributed by atoms with Crippen LogP contribution < -0.4 is 24.4 Å². The predicted octanol–water partition coefficient (Wildman–Crippen LogP) is 6.98. The number of hydrogen-bond donors (Lipinski definition) is 1. The van der Waals surface area contributed by atoms with E-state index in [0.29, 0.717) is 55.0 Å². The first-order valence-electron chi connectivity index (χ1n) is 12.8. The first kappa shape index (κ1) is 28.2. The van der Waals surface area contributed by atoms with Gasteiger partial charge in [0.1, 0.15) is 6.61 Å². The Hall–Kier alpha value is -3.79. The molecule has 0 spiro atoms. The molecule has 0 aliphatic heterocycles. The topological polar surface area (TPSA) is 78.4 Å². The lowest BCUT2D eigenvalue weighted by molar-refractivity contribution is 0.0954. The molecule has 4 aromatic rings. The van der Waals surface area contributed by atoms with Gasteiger partial charge < -0.3 is 18.9 Å². The maximum atomic E-state index is 12.7. The van der Waals surface area contributed by atoms with Gasteiger partial charge >= 0.3 is 0 Å². The van der Waals surface area contributed by atoms with Crippen LogP contribution in [0.15, 0.2) is 77.9 Å². The second-order valence-electron chi connectivity index (χ2n) is 8.42. The fraction of sp³-hybridized carbons (Fsp3) is 0.226. The standard InChI is InChI=1S/C31H31IN2O5/c1-4-36-27-15-14-23(18-28(27)37-5-2)31(35)34-33-19-21-16-26(32)30(29(17-21)38-6-3)39-20-24-12-9-11-22-10-7-8-13-25(22)24/h7-19H,4-6,20H2,1-3H3,(H,34,35)/b33-19+. The maximum Gasteiger partial charge on any atom is 0.271 e. The van der Waals surface area contributed by atoms with E-state index in [9.17, 15) is 4.79 Å². The molecule has 0 radical (unpaired) electrons. The van der Waals surface area contributed by atoms with Gasteiger partial charge in [-0.25, -0.2) is 5.43 Å². The van der Waals surface area contributed by atoms with E-state index in [1.165, 1.54) is 5.39 Å². The van der Waals surface area contributed by atoms with Gasteiger partial charge in [-0.15, -0.1) is 0 Å². The fourth-order valence-electron chi connectivity index (χ4n) is 4.06. The van der Waals surface area contributed by atoms with Crippen molar-refractivity contribution in [3.63, 3.8) is 0 Å². The van der Waals surface area contributed by atoms with E-state index in [1.807, 2.05) is 51.1 Å². The highest BCUT2D eigenvalue weighted by Crippen LogP contribution is 2.35. The Morgan fingerprint density at radius 1 is 0.821 bits per heavy atom. The van der Waals surface area contributed by atoms with Gasteiger partial charge in [0, 0.05) is 5.56 Å². The Balaban J connectivity index is 1.48. The number of nitrogens with one attached hydrogen (secondary N) is 1. The van der Waals surface area contributed by atoms with Crippen molar-refractivity contribution in [3.8, 4) is 23.0 Å². The zero-order valence-electron chi connectivity index (χ0n) is 22.2. The molecule has 1 N–H and O–H groups in total. The monoisotopic (exact) mass is 638 g/mol. The number of carbonyl (C=O) groups excluding carboxylic acids is 1. The van der Waals surface area contributed by atoms with Crippen LogP contribution in [0.25, 0.3) is 10.8 Å². The highest BCUT2D eigenvalue weighted by Gasteiger charge is 2.14. The number of carbonyl (C=O) groups is 1. The van der Waals surface area contributed by atoms with Crippen LogP contribution in [0.2, 0.25) is 0 Å². The van der Waals surface area contributed by atoms with Crippen molar-refractivity contribution in [1.29, 1.82) is 0 Å². The van der Waals surface area contributed by atoms with Crippen LogP contribution in [0, 0.1) is 3.57 Å². The Morgan fingerprint density at radius 2 is 1.54 bits per heavy atom. The van der Waals surface area contributed by atoms with Gasteiger partial charge in [-0.1, -0.05) is 42.5 Å². The van der Waals surface area contributed by atoms with E-state index < -0.39 is 0 Å². The molecule has 4 aromatic carbocycles. The number of nitrogens with zero attached hydrogens (tertiary/aromatic N) is 1. The largest absolute Gasteiger partial charge is 0.490 e. The lowest BCUT2D eigenvalue weighted by atomic mass is 10.1. The van der Waals surface area contributed by atoms with Crippen molar-refractivity contribution < 1.29 is 23.7 Å². The molecule has 0 heterocycles. The molecular weight excluding hydrogens is 607 g/mol. The summed E-state index contributed by atoms with van der Waals surface area (Å²) in [6, 6.07) is 23.3. The molecule has 0 aliphatic carbocycles. The number of benzene rings is 4. The van der Waals surface area contributed by atoms with Crippen LogP contribution >= 0.6 is 22.6 Å². The fourth-order valence-corrected chi connectivity index (χ4v) is 4.84. The lowest BCUT2D eigenvalue weighted by Gasteiger charge is -2.15. The minimum Gasteiger partial charge on any atom is -0.490 e. The molecule has 0 aromatic heterocycles. The van der Waals surface area contributed by atoms with Crippen molar-refractivity contribution in [3.05, 3.63) is 93.1 Å². The molecule has 202 valence electrons. The number of amides is 1. The number of ether oxygens (including phenoxy) is 4. The van der Waals surface area contributed by atoms with E-state index in [0.717, 1.165) is 20.1 Å². The molecule has 1 amide bonds. The molecule has 0 bridgehead atoms. The first-order valence-corrected chi connectivity index (χ1v) is 13.9. The zero-order valence-corrected chi connectivity index (χ0v) is 24.4. The van der Waals surface area contributed by atoms with Crippen LogP contribution in [0.3, 0.4) is 0 Å². The third kappa shape index (κ3) is 7.20. The van der Waals surface area contributed by atoms with Crippen LogP contribution in [0.5, 0.6) is 23.0 Å². The van der Waals surface area contributed by atoms with Crippen molar-refractivity contribution in [1.82, 2.24) is 5.43 Å². The zero-order chi connectivity index (χ0) is 27.6. The minimum atomic E-state index is -0.356. The quantitative estimate of drug-likeness (QED) is 0.103. The maximum absolute atomic E-state index is 12.7. The van der Waals surface area contributed by atoms with Gasteiger partial charge in [0.25, 0.3) is 5.91 Å². The van der Waals surface area contributed by atoms with E-state index >= 15 is 0 Å². The molecule has 8 heteroatoms. The molecule has 0 unspecified atom stereocenters. The Kier molecular flexibility index (Phi) is 10.0. The van der Waals surface area contributed by atoms with Crippen molar-refractivity contribution in [2.24, 2.45) is 5.10 Å². The number of halogens is 1. The molecule has 0 aliphatic rings. The van der Waals surface area contributed by atoms with Gasteiger partial charge in [0.2, 0.25) is 0 Å². The molecule has 4 rings (SSSR count). The van der Waals surface area contributed by atoms with Gasteiger partial charge in [-0.3, -0.25) is 4.79 Å². The summed E-state index contributed by atoms with van der Waals surface area (Å²) >= 11 is 2.23. The normalized spacial score (nSPS) is 11.0. The van der Waals surface area contributed by atoms with Crippen LogP contribution in [0.4, 0.5) is 0 Å². The summed E-state index contributed by atoms with van der Waals surface area (Å²) in [6.07, 6.45) is 1.58. The predicted molar refractivity (Wildman–Crippen MR) is 162 cm³/mol. The molecule has 7 nitrogen and oxygen atoms in total. The highest BCUT2D eigenvalue weighted by molar-refractivity contribution is 14.1. The first-order chi connectivity index (χ1) is 19.0. The van der Waals surface area contributed by atoms with E-state index in [2.05, 4.69) is 57.4 Å². The molecular formula is C31H31IN2O5. The number of rotatable bonds is 12. The molecule has 0 saturated heterocycles. The van der Waals surface area contributed by atoms with Crippen molar-refractivity contribution in [2.75, 3.05) is 19.8 Å². The minimum absolute atomic E-state index is 0.356. The number of hydrogen-bond acceptors (Lipinski definition) is 6. The van der Waals surface area contributed by atoms with Crippen molar-refractivity contribution >= 4 is 45.5 Å².